The molecule has 5 heteroatoms. The van der Waals surface area contributed by atoms with Crippen LogP contribution in [0.15, 0.2) is 30.5 Å². The first kappa shape index (κ1) is 14.8. The Morgan fingerprint density at radius 1 is 1.45 bits per heavy atom. The van der Waals surface area contributed by atoms with Gasteiger partial charge in [0, 0.05) is 24.0 Å². The Kier molecular flexibility index (Phi) is 4.93. The molecule has 0 saturated heterocycles. The van der Waals surface area contributed by atoms with Gasteiger partial charge >= 0.3 is 0 Å². The Morgan fingerprint density at radius 3 is 3.00 bits per heavy atom. The number of pyridine rings is 1. The molecule has 0 aliphatic carbocycles. The number of nitrogens with zero attached hydrogens (tertiary/aromatic N) is 1. The van der Waals surface area contributed by atoms with Crippen LogP contribution in [0.25, 0.3) is 10.9 Å². The molecule has 1 heterocycles. The highest BCUT2D eigenvalue weighted by Gasteiger charge is 2.09. The van der Waals surface area contributed by atoms with Crippen molar-refractivity contribution in [3.8, 4) is 0 Å². The van der Waals surface area contributed by atoms with E-state index in [1.807, 2.05) is 19.1 Å². The highest BCUT2D eigenvalue weighted by atomic mass is 35.5. The Labute approximate surface area is 123 Å². The first-order valence-electron chi connectivity index (χ1n) is 6.66. The minimum atomic E-state index is -0.0278. The third-order valence-electron chi connectivity index (χ3n) is 3.05. The second kappa shape index (κ2) is 6.68. The second-order valence-electron chi connectivity index (χ2n) is 4.91. The average molecular weight is 292 g/mol. The van der Waals surface area contributed by atoms with Crippen molar-refractivity contribution in [2.75, 3.05) is 5.32 Å². The van der Waals surface area contributed by atoms with Gasteiger partial charge in [0.05, 0.1) is 16.2 Å². The molecule has 2 aromatic rings. The van der Waals surface area contributed by atoms with Crippen LogP contribution in [0.2, 0.25) is 5.02 Å². The number of nitrogens with one attached hydrogen (secondary N) is 1. The summed E-state index contributed by atoms with van der Waals surface area (Å²) in [6.45, 7) is 1.94. The fraction of sp³-hybridized carbons (Fsp3) is 0.333. The van der Waals surface area contributed by atoms with Crippen LogP contribution >= 0.6 is 11.6 Å². The number of amides is 1. The largest absolute Gasteiger partial charge is 0.328 e. The summed E-state index contributed by atoms with van der Waals surface area (Å²) in [5.74, 6) is -0.0278. The van der Waals surface area contributed by atoms with Crippen LogP contribution in [-0.2, 0) is 4.79 Å². The van der Waals surface area contributed by atoms with Gasteiger partial charge in [0.1, 0.15) is 0 Å². The van der Waals surface area contributed by atoms with Crippen molar-refractivity contribution in [3.63, 3.8) is 0 Å². The van der Waals surface area contributed by atoms with Crippen LogP contribution in [0.4, 0.5) is 5.69 Å². The van der Waals surface area contributed by atoms with Crippen LogP contribution in [0.1, 0.15) is 26.2 Å². The molecule has 3 N–H and O–H groups in total. The Morgan fingerprint density at radius 2 is 2.25 bits per heavy atom. The van der Waals surface area contributed by atoms with E-state index in [0.29, 0.717) is 22.6 Å². The van der Waals surface area contributed by atoms with E-state index in [1.54, 1.807) is 18.3 Å². The van der Waals surface area contributed by atoms with E-state index in [9.17, 15) is 4.79 Å². The maximum Gasteiger partial charge on any atom is 0.224 e. The molecule has 1 amide bonds. The molecule has 1 aromatic heterocycles. The molecule has 0 fully saturated rings. The van der Waals surface area contributed by atoms with Gasteiger partial charge in [-0.25, -0.2) is 0 Å². The van der Waals surface area contributed by atoms with E-state index in [4.69, 9.17) is 17.3 Å². The number of hydrogen-bond donors (Lipinski definition) is 2. The Balaban J connectivity index is 2.10. The van der Waals surface area contributed by atoms with E-state index >= 15 is 0 Å². The normalized spacial score (nSPS) is 12.3. The predicted octanol–water partition coefficient (Wildman–Crippen LogP) is 3.34. The fourth-order valence-corrected chi connectivity index (χ4v) is 2.25. The molecular formula is C15H18ClN3O. The fourth-order valence-electron chi connectivity index (χ4n) is 2.04. The van der Waals surface area contributed by atoms with Crippen molar-refractivity contribution in [2.24, 2.45) is 5.73 Å². The summed E-state index contributed by atoms with van der Waals surface area (Å²) in [7, 11) is 0. The molecule has 0 radical (unpaired) electrons. The Bertz CT molecular complexity index is 613. The van der Waals surface area contributed by atoms with E-state index in [2.05, 4.69) is 10.3 Å². The number of nitrogens with two attached hydrogens (primary N) is 1. The van der Waals surface area contributed by atoms with Crippen LogP contribution in [0.5, 0.6) is 0 Å². The number of hydrogen-bond acceptors (Lipinski definition) is 3. The molecule has 20 heavy (non-hydrogen) atoms. The lowest BCUT2D eigenvalue weighted by atomic mass is 10.1. The van der Waals surface area contributed by atoms with Crippen molar-refractivity contribution in [3.05, 3.63) is 35.5 Å². The van der Waals surface area contributed by atoms with E-state index in [0.717, 1.165) is 18.2 Å². The highest BCUT2D eigenvalue weighted by molar-refractivity contribution is 6.35. The van der Waals surface area contributed by atoms with Gasteiger partial charge in [-0.2, -0.15) is 0 Å². The zero-order valence-electron chi connectivity index (χ0n) is 11.4. The van der Waals surface area contributed by atoms with Crippen molar-refractivity contribution < 1.29 is 4.79 Å². The number of aromatic nitrogens is 1. The van der Waals surface area contributed by atoms with E-state index in [-0.39, 0.29) is 11.9 Å². The number of rotatable bonds is 5. The highest BCUT2D eigenvalue weighted by Crippen LogP contribution is 2.28. The first-order chi connectivity index (χ1) is 9.58. The monoisotopic (exact) mass is 291 g/mol. The van der Waals surface area contributed by atoms with Gasteiger partial charge in [-0.3, -0.25) is 9.78 Å². The number of fused-ring (bicyclic) bond motifs is 1. The maximum absolute atomic E-state index is 11.9. The van der Waals surface area contributed by atoms with Gasteiger partial charge < -0.3 is 11.1 Å². The molecule has 106 valence electrons. The van der Waals surface area contributed by atoms with Gasteiger partial charge in [0.2, 0.25) is 5.91 Å². The molecule has 1 unspecified atom stereocenters. The number of carbonyl (C=O) groups excluding carboxylic acids is 1. The van der Waals surface area contributed by atoms with Gasteiger partial charge in [0.25, 0.3) is 0 Å². The number of anilines is 1. The van der Waals surface area contributed by atoms with E-state index in [1.165, 1.54) is 0 Å². The zero-order chi connectivity index (χ0) is 14.5. The lowest BCUT2D eigenvalue weighted by Gasteiger charge is -2.09. The summed E-state index contributed by atoms with van der Waals surface area (Å²) in [5.41, 5.74) is 7.07. The molecular weight excluding hydrogens is 274 g/mol. The zero-order valence-corrected chi connectivity index (χ0v) is 12.2. The summed E-state index contributed by atoms with van der Waals surface area (Å²) in [6.07, 6.45) is 3.76. The number of benzene rings is 1. The molecule has 1 aromatic carbocycles. The topological polar surface area (TPSA) is 68.0 Å². The minimum Gasteiger partial charge on any atom is -0.328 e. The summed E-state index contributed by atoms with van der Waals surface area (Å²) in [5, 5.41) is 4.35. The molecule has 4 nitrogen and oxygen atoms in total. The minimum absolute atomic E-state index is 0.0278. The van der Waals surface area contributed by atoms with Gasteiger partial charge in [-0.1, -0.05) is 11.6 Å². The number of halogens is 1. The summed E-state index contributed by atoms with van der Waals surface area (Å²) in [4.78, 5) is 16.2. The Hall–Kier alpha value is -1.65. The van der Waals surface area contributed by atoms with Crippen molar-refractivity contribution in [1.82, 2.24) is 4.98 Å². The maximum atomic E-state index is 11.9. The standard InChI is InChI=1S/C15H18ClN3O/c1-10(17)4-2-6-14(20)19-13-8-7-12(16)11-5-3-9-18-15(11)13/h3,5,7-10H,2,4,6,17H2,1H3,(H,19,20). The van der Waals surface area contributed by atoms with Crippen molar-refractivity contribution >= 4 is 34.1 Å². The van der Waals surface area contributed by atoms with Gasteiger partial charge in [0.15, 0.2) is 0 Å². The SMILES string of the molecule is CC(N)CCCC(=O)Nc1ccc(Cl)c2cccnc12. The summed E-state index contributed by atoms with van der Waals surface area (Å²) >= 11 is 6.12. The van der Waals surface area contributed by atoms with Gasteiger partial charge in [-0.05, 0) is 44.0 Å². The van der Waals surface area contributed by atoms with Crippen LogP contribution < -0.4 is 11.1 Å². The average Bonchev–Trinajstić information content (AvgIpc) is 2.42. The van der Waals surface area contributed by atoms with Crippen molar-refractivity contribution in [1.29, 1.82) is 0 Å². The first-order valence-corrected chi connectivity index (χ1v) is 7.04. The van der Waals surface area contributed by atoms with E-state index < -0.39 is 0 Å². The molecule has 1 atom stereocenters. The third kappa shape index (κ3) is 3.68. The lowest BCUT2D eigenvalue weighted by molar-refractivity contribution is -0.116. The molecule has 2 rings (SSSR count). The quantitative estimate of drug-likeness (QED) is 0.888. The predicted molar refractivity (Wildman–Crippen MR) is 82.9 cm³/mol. The molecule has 0 bridgehead atoms. The summed E-state index contributed by atoms with van der Waals surface area (Å²) in [6, 6.07) is 7.38. The van der Waals surface area contributed by atoms with Crippen molar-refractivity contribution in [2.45, 2.75) is 32.2 Å². The molecule has 0 aliphatic rings. The van der Waals surface area contributed by atoms with Gasteiger partial charge in [-0.15, -0.1) is 0 Å². The van der Waals surface area contributed by atoms with Crippen LogP contribution in [0, 0.1) is 0 Å². The van der Waals surface area contributed by atoms with Crippen LogP contribution in [0.3, 0.4) is 0 Å². The molecule has 0 saturated carbocycles. The number of carbonyl (C=O) groups is 1. The molecule has 0 spiro atoms. The van der Waals surface area contributed by atoms with Crippen LogP contribution in [-0.4, -0.2) is 16.9 Å². The second-order valence-corrected chi connectivity index (χ2v) is 5.32. The molecule has 0 aliphatic heterocycles. The third-order valence-corrected chi connectivity index (χ3v) is 3.38. The lowest BCUT2D eigenvalue weighted by Crippen LogP contribution is -2.17. The smallest absolute Gasteiger partial charge is 0.224 e. The summed E-state index contributed by atoms with van der Waals surface area (Å²) < 4.78 is 0.